The minimum Gasteiger partial charge on any atom is -0.338 e. The maximum Gasteiger partial charge on any atom is 0.315 e. The van der Waals surface area contributed by atoms with Crippen LogP contribution in [-0.2, 0) is 6.42 Å². The summed E-state index contributed by atoms with van der Waals surface area (Å²) in [6.07, 6.45) is 0.807. The summed E-state index contributed by atoms with van der Waals surface area (Å²) in [5.74, 6) is -0.465. The van der Waals surface area contributed by atoms with Crippen molar-refractivity contribution in [3.8, 4) is 0 Å². The highest BCUT2D eigenvalue weighted by Gasteiger charge is 2.11. The van der Waals surface area contributed by atoms with Crippen LogP contribution < -0.4 is 10.6 Å². The lowest BCUT2D eigenvalue weighted by molar-refractivity contribution is 0.238. The first-order chi connectivity index (χ1) is 10.1. The molecule has 2 N–H and O–H groups in total. The minimum atomic E-state index is -0.465. The Morgan fingerprint density at radius 3 is 2.90 bits per heavy atom. The summed E-state index contributed by atoms with van der Waals surface area (Å²) < 4.78 is 13.1. The Balaban J connectivity index is 1.79. The minimum absolute atomic E-state index is 0.0549. The quantitative estimate of drug-likeness (QED) is 0.851. The van der Waals surface area contributed by atoms with Gasteiger partial charge in [0, 0.05) is 11.4 Å². The van der Waals surface area contributed by atoms with Crippen molar-refractivity contribution >= 4 is 29.0 Å². The molecule has 0 fully saturated rings. The predicted molar refractivity (Wildman–Crippen MR) is 84.4 cm³/mol. The molecule has 2 aromatic rings. The van der Waals surface area contributed by atoms with Gasteiger partial charge in [-0.25, -0.2) is 9.18 Å². The van der Waals surface area contributed by atoms with Gasteiger partial charge in [-0.2, -0.15) is 0 Å². The summed E-state index contributed by atoms with van der Waals surface area (Å²) in [6.45, 7) is 2.39. The van der Waals surface area contributed by atoms with E-state index in [1.165, 1.54) is 17.0 Å². The lowest BCUT2D eigenvalue weighted by atomic mass is 10.1. The van der Waals surface area contributed by atoms with Crippen molar-refractivity contribution in [1.82, 2.24) is 10.6 Å². The number of carbonyl (C=O) groups is 1. The van der Waals surface area contributed by atoms with Gasteiger partial charge in [0.05, 0.1) is 11.1 Å². The predicted octanol–water partition coefficient (Wildman–Crippen LogP) is 4.14. The first-order valence-electron chi connectivity index (χ1n) is 6.58. The lowest BCUT2D eigenvalue weighted by Gasteiger charge is -2.15. The van der Waals surface area contributed by atoms with Crippen molar-refractivity contribution < 1.29 is 9.18 Å². The maximum absolute atomic E-state index is 13.1. The fourth-order valence-corrected chi connectivity index (χ4v) is 2.76. The molecule has 1 heterocycles. The number of carbonyl (C=O) groups excluding carboxylic acids is 1. The summed E-state index contributed by atoms with van der Waals surface area (Å²) in [6, 6.07) is 7.95. The molecular weight excluding hydrogens is 311 g/mol. The van der Waals surface area contributed by atoms with Crippen molar-refractivity contribution in [1.29, 1.82) is 0 Å². The summed E-state index contributed by atoms with van der Waals surface area (Å²) in [4.78, 5) is 13.0. The Kier molecular flexibility index (Phi) is 5.59. The average Bonchev–Trinajstić information content (AvgIpc) is 2.95. The molecule has 0 saturated carbocycles. The molecule has 1 atom stereocenters. The van der Waals surface area contributed by atoms with E-state index >= 15 is 0 Å². The normalized spacial score (nSPS) is 12.0. The second-order valence-electron chi connectivity index (χ2n) is 4.62. The van der Waals surface area contributed by atoms with E-state index in [4.69, 9.17) is 11.6 Å². The second-order valence-corrected chi connectivity index (χ2v) is 6.06. The van der Waals surface area contributed by atoms with E-state index in [0.29, 0.717) is 6.54 Å². The third-order valence-electron chi connectivity index (χ3n) is 3.03. The van der Waals surface area contributed by atoms with Gasteiger partial charge in [0.2, 0.25) is 0 Å². The zero-order valence-corrected chi connectivity index (χ0v) is 13.1. The molecule has 1 aromatic carbocycles. The van der Waals surface area contributed by atoms with Gasteiger partial charge >= 0.3 is 6.03 Å². The Bertz CT molecular complexity index is 604. The zero-order valence-electron chi connectivity index (χ0n) is 11.5. The van der Waals surface area contributed by atoms with Crippen LogP contribution in [0.25, 0.3) is 0 Å². The fourth-order valence-electron chi connectivity index (χ4n) is 1.87. The van der Waals surface area contributed by atoms with Crippen molar-refractivity contribution in [3.63, 3.8) is 0 Å². The van der Waals surface area contributed by atoms with E-state index in [1.807, 2.05) is 24.4 Å². The number of hydrogen-bond donors (Lipinski definition) is 2. The third kappa shape index (κ3) is 4.72. The molecule has 0 aliphatic carbocycles. The topological polar surface area (TPSA) is 41.1 Å². The number of halogens is 2. The van der Waals surface area contributed by atoms with Crippen LogP contribution in [0, 0.1) is 5.82 Å². The second kappa shape index (κ2) is 7.43. The fraction of sp³-hybridized carbons (Fsp3) is 0.267. The monoisotopic (exact) mass is 326 g/mol. The summed E-state index contributed by atoms with van der Waals surface area (Å²) in [5.41, 5.74) is 0.759. The molecule has 1 aromatic heterocycles. The first kappa shape index (κ1) is 15.8. The van der Waals surface area contributed by atoms with Gasteiger partial charge in [-0.1, -0.05) is 23.7 Å². The summed E-state index contributed by atoms with van der Waals surface area (Å²) in [5, 5.41) is 7.66. The van der Waals surface area contributed by atoms with E-state index in [-0.39, 0.29) is 17.1 Å². The Hall–Kier alpha value is -1.59. The molecule has 0 radical (unpaired) electrons. The Labute approximate surface area is 132 Å². The number of hydrogen-bond acceptors (Lipinski definition) is 2. The maximum atomic E-state index is 13.1. The largest absolute Gasteiger partial charge is 0.338 e. The standard InChI is InChI=1S/C15H16ClFN2OS/c1-10(11-4-5-14(17)13(16)9-11)19-15(20)18-7-6-12-3-2-8-21-12/h2-5,8-10H,6-7H2,1H3,(H2,18,19,20). The molecule has 1 unspecified atom stereocenters. The first-order valence-corrected chi connectivity index (χ1v) is 7.83. The molecule has 2 rings (SSSR count). The average molecular weight is 327 g/mol. The van der Waals surface area contributed by atoms with Gasteiger partial charge in [-0.3, -0.25) is 0 Å². The molecular formula is C15H16ClFN2OS. The molecule has 112 valence electrons. The van der Waals surface area contributed by atoms with E-state index in [2.05, 4.69) is 10.6 Å². The van der Waals surface area contributed by atoms with Gasteiger partial charge in [-0.05, 0) is 42.5 Å². The molecule has 0 spiro atoms. The van der Waals surface area contributed by atoms with Gasteiger partial charge < -0.3 is 10.6 Å². The highest BCUT2D eigenvalue weighted by molar-refractivity contribution is 7.09. The number of amides is 2. The molecule has 2 amide bonds. The van der Waals surface area contributed by atoms with Crippen molar-refractivity contribution in [3.05, 3.63) is 57.0 Å². The van der Waals surface area contributed by atoms with E-state index in [9.17, 15) is 9.18 Å². The zero-order chi connectivity index (χ0) is 15.2. The highest BCUT2D eigenvalue weighted by Crippen LogP contribution is 2.20. The number of nitrogens with one attached hydrogen (secondary N) is 2. The van der Waals surface area contributed by atoms with Crippen LogP contribution in [0.4, 0.5) is 9.18 Å². The van der Waals surface area contributed by atoms with E-state index < -0.39 is 5.82 Å². The molecule has 0 aliphatic heterocycles. The molecule has 0 saturated heterocycles. The summed E-state index contributed by atoms with van der Waals surface area (Å²) in [7, 11) is 0. The molecule has 0 bridgehead atoms. The molecule has 0 aliphatic rings. The van der Waals surface area contributed by atoms with Crippen LogP contribution in [-0.4, -0.2) is 12.6 Å². The smallest absolute Gasteiger partial charge is 0.315 e. The summed E-state index contributed by atoms with van der Waals surface area (Å²) >= 11 is 7.40. The third-order valence-corrected chi connectivity index (χ3v) is 4.25. The van der Waals surface area contributed by atoms with E-state index in [1.54, 1.807) is 17.4 Å². The molecule has 6 heteroatoms. The van der Waals surface area contributed by atoms with Gasteiger partial charge in [0.1, 0.15) is 5.82 Å². The Morgan fingerprint density at radius 1 is 1.43 bits per heavy atom. The Morgan fingerprint density at radius 2 is 2.24 bits per heavy atom. The van der Waals surface area contributed by atoms with Crippen LogP contribution in [0.3, 0.4) is 0 Å². The van der Waals surface area contributed by atoms with Crippen LogP contribution in [0.5, 0.6) is 0 Å². The van der Waals surface area contributed by atoms with Crippen LogP contribution in [0.1, 0.15) is 23.4 Å². The highest BCUT2D eigenvalue weighted by atomic mass is 35.5. The van der Waals surface area contributed by atoms with Crippen molar-refractivity contribution in [2.75, 3.05) is 6.54 Å². The van der Waals surface area contributed by atoms with Crippen molar-refractivity contribution in [2.24, 2.45) is 0 Å². The number of rotatable bonds is 5. The van der Waals surface area contributed by atoms with Crippen LogP contribution in [0.15, 0.2) is 35.7 Å². The SMILES string of the molecule is CC(NC(=O)NCCc1cccs1)c1ccc(F)c(Cl)c1. The van der Waals surface area contributed by atoms with Crippen LogP contribution in [0.2, 0.25) is 5.02 Å². The van der Waals surface area contributed by atoms with Gasteiger partial charge in [0.25, 0.3) is 0 Å². The molecule has 21 heavy (non-hydrogen) atoms. The van der Waals surface area contributed by atoms with E-state index in [0.717, 1.165) is 12.0 Å². The number of benzene rings is 1. The van der Waals surface area contributed by atoms with Gasteiger partial charge in [-0.15, -0.1) is 11.3 Å². The lowest BCUT2D eigenvalue weighted by Crippen LogP contribution is -2.38. The number of thiophene rings is 1. The van der Waals surface area contributed by atoms with Crippen molar-refractivity contribution in [2.45, 2.75) is 19.4 Å². The molecule has 3 nitrogen and oxygen atoms in total. The van der Waals surface area contributed by atoms with Crippen LogP contribution >= 0.6 is 22.9 Å². The van der Waals surface area contributed by atoms with Gasteiger partial charge in [0.15, 0.2) is 0 Å². The number of urea groups is 1.